The van der Waals surface area contributed by atoms with Gasteiger partial charge in [-0.25, -0.2) is 13.4 Å². The Hall–Kier alpha value is -2.51. The van der Waals surface area contributed by atoms with Crippen molar-refractivity contribution >= 4 is 48.9 Å². The lowest BCUT2D eigenvalue weighted by Crippen LogP contribution is -2.70. The van der Waals surface area contributed by atoms with E-state index in [1.165, 1.54) is 12.1 Å². The minimum Gasteiger partial charge on any atom is -0.341 e. The summed E-state index contributed by atoms with van der Waals surface area (Å²) in [6.07, 6.45) is 4.47. The van der Waals surface area contributed by atoms with Crippen LogP contribution in [0.1, 0.15) is 52.9 Å². The molecule has 2 N–H and O–H groups in total. The van der Waals surface area contributed by atoms with Gasteiger partial charge in [-0.2, -0.15) is 8.42 Å². The number of carbonyl (C=O) groups excluding carboxylic acids is 2. The molecule has 0 bridgehead atoms. The number of hydrogen-bond donors (Lipinski definition) is 2. The lowest BCUT2D eigenvalue weighted by molar-refractivity contribution is -0.181. The predicted octanol–water partition coefficient (Wildman–Crippen LogP) is 2.19. The Balaban J connectivity index is 1.74. The summed E-state index contributed by atoms with van der Waals surface area (Å²) < 4.78 is 55.5. The second-order valence-corrected chi connectivity index (χ2v) is 14.3. The van der Waals surface area contributed by atoms with E-state index in [0.29, 0.717) is 25.8 Å². The van der Waals surface area contributed by atoms with Crippen LogP contribution in [-0.2, 0) is 29.6 Å². The lowest BCUT2D eigenvalue weighted by atomic mass is 9.80. The first kappa shape index (κ1) is 26.6. The van der Waals surface area contributed by atoms with Gasteiger partial charge >= 0.3 is 0 Å². The summed E-state index contributed by atoms with van der Waals surface area (Å²) in [6.45, 7) is 6.59. The van der Waals surface area contributed by atoms with Gasteiger partial charge in [0.15, 0.2) is 11.7 Å². The van der Waals surface area contributed by atoms with Gasteiger partial charge in [-0.3, -0.25) is 19.3 Å². The molecule has 1 unspecified atom stereocenters. The molecule has 0 aromatic heterocycles. The number of sulfonamides is 2. The molecule has 1 aromatic rings. The highest BCUT2D eigenvalue weighted by Crippen LogP contribution is 2.43. The fourth-order valence-corrected chi connectivity index (χ4v) is 6.86. The molecule has 4 rings (SSSR count). The van der Waals surface area contributed by atoms with E-state index in [-0.39, 0.29) is 33.3 Å². The van der Waals surface area contributed by atoms with Crippen molar-refractivity contribution in [1.82, 2.24) is 10.0 Å². The molecule has 1 aromatic carbocycles. The fraction of sp³-hybridized carbons (Fsp3) is 0.609. The third kappa shape index (κ3) is 4.88. The van der Waals surface area contributed by atoms with Gasteiger partial charge in [0.1, 0.15) is 10.7 Å². The first-order valence-corrected chi connectivity index (χ1v) is 15.2. The Morgan fingerprint density at radius 3 is 2.42 bits per heavy atom. The largest absolute Gasteiger partial charge is 0.341 e. The van der Waals surface area contributed by atoms with Gasteiger partial charge in [0.2, 0.25) is 10.0 Å². The smallest absolute Gasteiger partial charge is 0.286 e. The van der Waals surface area contributed by atoms with E-state index in [1.54, 1.807) is 17.1 Å². The maximum absolute atomic E-state index is 13.9. The van der Waals surface area contributed by atoms with Crippen molar-refractivity contribution in [2.45, 2.75) is 63.3 Å². The Labute approximate surface area is 212 Å². The number of benzene rings is 1. The average Bonchev–Trinajstić information content (AvgIpc) is 3.22. The zero-order valence-corrected chi connectivity index (χ0v) is 22.8. The third-order valence-corrected chi connectivity index (χ3v) is 8.96. The maximum Gasteiger partial charge on any atom is 0.286 e. The van der Waals surface area contributed by atoms with Crippen LogP contribution in [0.4, 0.5) is 11.4 Å². The summed E-state index contributed by atoms with van der Waals surface area (Å²) in [5.74, 6) is -2.46. The number of nitrogens with zero attached hydrogens (tertiary/aromatic N) is 3. The second kappa shape index (κ2) is 8.80. The van der Waals surface area contributed by atoms with Crippen LogP contribution in [0.25, 0.3) is 0 Å². The lowest BCUT2D eigenvalue weighted by Gasteiger charge is -2.50. The first-order valence-electron chi connectivity index (χ1n) is 11.9. The Bertz CT molecular complexity index is 1340. The van der Waals surface area contributed by atoms with Gasteiger partial charge in [0.05, 0.1) is 17.5 Å². The zero-order chi connectivity index (χ0) is 26.7. The molecule has 3 aliphatic rings. The second-order valence-electron chi connectivity index (χ2n) is 11.0. The molecule has 2 aliphatic heterocycles. The number of Topliss-reactive ketones (excluding diaryl/α,β-unsaturated/α-hetero) is 1. The van der Waals surface area contributed by atoms with Gasteiger partial charge in [-0.1, -0.05) is 33.6 Å². The number of ketones is 1. The normalized spacial score (nSPS) is 23.9. The van der Waals surface area contributed by atoms with Crippen molar-refractivity contribution in [1.29, 1.82) is 0 Å². The number of rotatable bonds is 5. The number of hydrazine groups is 1. The maximum atomic E-state index is 13.9. The number of fused-ring (bicyclic) bond motifs is 1. The van der Waals surface area contributed by atoms with E-state index in [4.69, 9.17) is 0 Å². The number of hydrogen-bond acceptors (Lipinski definition) is 8. The summed E-state index contributed by atoms with van der Waals surface area (Å²) >= 11 is 0. The van der Waals surface area contributed by atoms with Crippen molar-refractivity contribution < 1.29 is 26.4 Å². The van der Waals surface area contributed by atoms with E-state index >= 15 is 0 Å². The Morgan fingerprint density at radius 1 is 1.19 bits per heavy atom. The van der Waals surface area contributed by atoms with Crippen LogP contribution in [0, 0.1) is 11.3 Å². The Morgan fingerprint density at radius 2 is 1.83 bits per heavy atom. The minimum atomic E-state index is -4.31. The molecule has 1 amide bonds. The topological polar surface area (TPSA) is 145 Å². The van der Waals surface area contributed by atoms with Crippen LogP contribution in [0.2, 0.25) is 0 Å². The molecular weight excluding hydrogens is 506 g/mol. The molecule has 11 nitrogen and oxygen atoms in total. The quantitative estimate of drug-likeness (QED) is 0.542. The van der Waals surface area contributed by atoms with E-state index in [0.717, 1.165) is 25.2 Å². The summed E-state index contributed by atoms with van der Waals surface area (Å²) in [5, 5.41) is 6.24. The highest BCUT2D eigenvalue weighted by molar-refractivity contribution is 7.92. The molecule has 198 valence electrons. The van der Waals surface area contributed by atoms with Crippen molar-refractivity contribution in [3.8, 4) is 0 Å². The van der Waals surface area contributed by atoms with E-state index in [9.17, 15) is 26.4 Å². The predicted molar refractivity (Wildman–Crippen MR) is 136 cm³/mol. The molecule has 1 aliphatic carbocycles. The number of carbonyl (C=O) groups is 2. The molecule has 1 saturated carbocycles. The molecule has 13 heteroatoms. The Kier molecular flexibility index (Phi) is 6.49. The minimum absolute atomic E-state index is 0.0541. The van der Waals surface area contributed by atoms with Crippen molar-refractivity contribution in [3.05, 3.63) is 18.2 Å². The highest BCUT2D eigenvalue weighted by atomic mass is 32.2. The van der Waals surface area contributed by atoms with Crippen molar-refractivity contribution in [2.75, 3.05) is 29.9 Å². The van der Waals surface area contributed by atoms with E-state index in [2.05, 4.69) is 35.2 Å². The molecule has 1 atom stereocenters. The molecule has 1 spiro atoms. The standard InChI is InChI=1S/C23H33N5O6S2/c1-22(2,3)12-13-28-21(30)18(19(29)23(27(28)4)10-6-7-11-23)20-24-16-9-8-15(25-35(5,31)32)14-17(16)36(33,34)26-20/h8-9,14,18,25H,6-7,10-13H2,1-5H3,(H,24,26). The molecule has 1 saturated heterocycles. The molecule has 2 heterocycles. The van der Waals surface area contributed by atoms with Crippen LogP contribution < -0.4 is 10.0 Å². The number of anilines is 2. The van der Waals surface area contributed by atoms with E-state index < -0.39 is 37.4 Å². The van der Waals surface area contributed by atoms with Crippen molar-refractivity contribution in [2.24, 2.45) is 15.7 Å². The van der Waals surface area contributed by atoms with Gasteiger partial charge in [0.25, 0.3) is 15.9 Å². The SMILES string of the molecule is CN1N(CCC(C)(C)C)C(=O)C(C2=NS(=O)(=O)c3cc(NS(C)(=O)=O)ccc3N2)C(=O)C12CCCC2. The molecule has 0 radical (unpaired) electrons. The average molecular weight is 540 g/mol. The summed E-state index contributed by atoms with van der Waals surface area (Å²) in [7, 11) is -6.18. The van der Waals surface area contributed by atoms with Gasteiger partial charge in [-0.15, -0.1) is 4.40 Å². The molecular formula is C23H33N5O6S2. The van der Waals surface area contributed by atoms with Crippen LogP contribution in [-0.4, -0.2) is 69.8 Å². The van der Waals surface area contributed by atoms with Crippen LogP contribution in [0.3, 0.4) is 0 Å². The molecule has 36 heavy (non-hydrogen) atoms. The summed E-state index contributed by atoms with van der Waals surface area (Å²) in [4.78, 5) is 27.3. The number of likely N-dealkylation sites (N-methyl/N-ethyl adjacent to an activating group) is 1. The summed E-state index contributed by atoms with van der Waals surface area (Å²) in [5.41, 5.74) is -0.763. The summed E-state index contributed by atoms with van der Waals surface area (Å²) in [6, 6.07) is 3.95. The monoisotopic (exact) mass is 539 g/mol. The number of nitrogens with one attached hydrogen (secondary N) is 2. The number of amidine groups is 1. The highest BCUT2D eigenvalue weighted by Gasteiger charge is 2.58. The van der Waals surface area contributed by atoms with Crippen molar-refractivity contribution in [3.63, 3.8) is 0 Å². The van der Waals surface area contributed by atoms with Crippen LogP contribution in [0.5, 0.6) is 0 Å². The van der Waals surface area contributed by atoms with Crippen LogP contribution >= 0.6 is 0 Å². The number of amides is 1. The third-order valence-electron chi connectivity index (χ3n) is 7.03. The van der Waals surface area contributed by atoms with Gasteiger partial charge < -0.3 is 5.32 Å². The van der Waals surface area contributed by atoms with Gasteiger partial charge in [-0.05, 0) is 42.9 Å². The zero-order valence-electron chi connectivity index (χ0n) is 21.2. The van der Waals surface area contributed by atoms with Gasteiger partial charge in [0, 0.05) is 19.3 Å². The fourth-order valence-electron chi connectivity index (χ4n) is 5.12. The van der Waals surface area contributed by atoms with E-state index in [1.807, 2.05) is 0 Å². The molecule has 2 fully saturated rings. The van der Waals surface area contributed by atoms with Crippen LogP contribution in [0.15, 0.2) is 27.5 Å². The first-order chi connectivity index (χ1) is 16.5.